The predicted octanol–water partition coefficient (Wildman–Crippen LogP) is 5.07. The quantitative estimate of drug-likeness (QED) is 0.197. The summed E-state index contributed by atoms with van der Waals surface area (Å²) < 4.78 is 0. The highest BCUT2D eigenvalue weighted by Crippen LogP contribution is 2.30. The molecule has 3 heterocycles. The molecular weight excluding hydrogens is 610 g/mol. The van der Waals surface area contributed by atoms with Gasteiger partial charge in [0.05, 0.1) is 29.4 Å². The van der Waals surface area contributed by atoms with E-state index in [1.165, 1.54) is 6.20 Å². The maximum atomic E-state index is 13.4. The second kappa shape index (κ2) is 15.0. The van der Waals surface area contributed by atoms with Crippen molar-refractivity contribution in [2.45, 2.75) is 18.9 Å². The van der Waals surface area contributed by atoms with E-state index in [4.69, 9.17) is 11.6 Å². The molecule has 236 valence electrons. The van der Waals surface area contributed by atoms with E-state index in [1.807, 2.05) is 0 Å². The van der Waals surface area contributed by atoms with E-state index in [2.05, 4.69) is 30.8 Å². The zero-order valence-electron chi connectivity index (χ0n) is 24.7. The van der Waals surface area contributed by atoms with Gasteiger partial charge in [-0.25, -0.2) is 4.79 Å². The van der Waals surface area contributed by atoms with Gasteiger partial charge in [0.2, 0.25) is 0 Å². The van der Waals surface area contributed by atoms with Crippen LogP contribution < -0.4 is 20.9 Å². The molecule has 1 saturated heterocycles. The van der Waals surface area contributed by atoms with Crippen molar-refractivity contribution in [2.75, 3.05) is 41.7 Å². The molecule has 1 aliphatic rings. The maximum absolute atomic E-state index is 13.4. The number of hydrogen-bond donors (Lipinski definition) is 4. The van der Waals surface area contributed by atoms with Gasteiger partial charge in [0, 0.05) is 67.2 Å². The van der Waals surface area contributed by atoms with Crippen molar-refractivity contribution in [2.24, 2.45) is 0 Å². The number of benzene rings is 2. The van der Waals surface area contributed by atoms with Crippen molar-refractivity contribution in [3.05, 3.63) is 113 Å². The number of carbonyl (C=O) groups excluding carboxylic acids is 3. The Morgan fingerprint density at radius 3 is 2.30 bits per heavy atom. The van der Waals surface area contributed by atoms with E-state index in [0.717, 1.165) is 0 Å². The van der Waals surface area contributed by atoms with E-state index in [9.17, 15) is 24.3 Å². The Morgan fingerprint density at radius 2 is 1.61 bits per heavy atom. The molecule has 1 aliphatic heterocycles. The number of aliphatic carboxylic acids is 1. The lowest BCUT2D eigenvalue weighted by Gasteiger charge is -2.27. The first kappa shape index (κ1) is 31.9. The summed E-state index contributed by atoms with van der Waals surface area (Å²) in [5, 5.41) is 18.4. The Bertz CT molecular complexity index is 1690. The molecule has 12 nitrogen and oxygen atoms in total. The smallest absolute Gasteiger partial charge is 0.323 e. The molecule has 0 saturated carbocycles. The largest absolute Gasteiger partial charge is 0.481 e. The van der Waals surface area contributed by atoms with Gasteiger partial charge in [0.25, 0.3) is 11.8 Å². The van der Waals surface area contributed by atoms with Gasteiger partial charge in [-0.1, -0.05) is 17.7 Å². The summed E-state index contributed by atoms with van der Waals surface area (Å²) in [5.41, 5.74) is 2.82. The molecule has 4 amide bonds. The van der Waals surface area contributed by atoms with E-state index < -0.39 is 23.9 Å². The van der Waals surface area contributed by atoms with Crippen LogP contribution in [0.25, 0.3) is 0 Å². The number of carboxylic acids is 1. The maximum Gasteiger partial charge on any atom is 0.323 e. The van der Waals surface area contributed by atoms with Gasteiger partial charge in [0.15, 0.2) is 0 Å². The van der Waals surface area contributed by atoms with Gasteiger partial charge in [-0.2, -0.15) is 0 Å². The fourth-order valence-electron chi connectivity index (χ4n) is 5.15. The number of nitrogens with zero attached hydrogens (tertiary/aromatic N) is 4. The number of hydrogen-bond acceptors (Lipinski definition) is 7. The zero-order chi connectivity index (χ0) is 32.5. The molecule has 1 atom stereocenters. The number of carbonyl (C=O) groups is 4. The molecule has 4 aromatic rings. The van der Waals surface area contributed by atoms with Crippen LogP contribution in [0.5, 0.6) is 0 Å². The molecule has 2 aromatic heterocycles. The van der Waals surface area contributed by atoms with Crippen LogP contribution in [0.15, 0.2) is 91.5 Å². The van der Waals surface area contributed by atoms with Crippen molar-refractivity contribution in [1.29, 1.82) is 0 Å². The molecule has 46 heavy (non-hydrogen) atoms. The second-order valence-corrected chi connectivity index (χ2v) is 11.0. The van der Waals surface area contributed by atoms with E-state index in [0.29, 0.717) is 65.8 Å². The Morgan fingerprint density at radius 1 is 0.848 bits per heavy atom. The molecule has 0 bridgehead atoms. The van der Waals surface area contributed by atoms with Gasteiger partial charge >= 0.3 is 12.0 Å². The standard InChI is InChI=1S/C33H32ClN7O5/c34-25-7-9-26(10-8-25)37-33(46)39-28-18-22(31(44)38-27(19-30(42)43)23-4-1-12-35-20-23)6-11-29(28)40-14-3-15-41(17-16-40)32(45)24-5-2-13-36-21-24/h1-2,4-13,18,20-21,27H,3,14-17,19H2,(H,38,44)(H,42,43)(H2,37,39,46). The summed E-state index contributed by atoms with van der Waals surface area (Å²) in [5.74, 6) is -1.71. The highest BCUT2D eigenvalue weighted by molar-refractivity contribution is 6.30. The van der Waals surface area contributed by atoms with E-state index >= 15 is 0 Å². The number of urea groups is 1. The van der Waals surface area contributed by atoms with Crippen LogP contribution >= 0.6 is 11.6 Å². The molecule has 0 spiro atoms. The fourth-order valence-corrected chi connectivity index (χ4v) is 5.28. The molecule has 1 fully saturated rings. The third-order valence-electron chi connectivity index (χ3n) is 7.41. The van der Waals surface area contributed by atoms with Crippen LogP contribution in [0.3, 0.4) is 0 Å². The lowest BCUT2D eigenvalue weighted by atomic mass is 10.0. The van der Waals surface area contributed by atoms with Crippen LogP contribution in [0.2, 0.25) is 5.02 Å². The van der Waals surface area contributed by atoms with Crippen LogP contribution in [0, 0.1) is 0 Å². The second-order valence-electron chi connectivity index (χ2n) is 10.6. The Hall–Kier alpha value is -5.49. The van der Waals surface area contributed by atoms with Crippen LogP contribution in [-0.4, -0.2) is 70.0 Å². The summed E-state index contributed by atoms with van der Waals surface area (Å²) in [6.45, 7) is 2.06. The predicted molar refractivity (Wildman–Crippen MR) is 174 cm³/mol. The average Bonchev–Trinajstić information content (AvgIpc) is 3.32. The molecular formula is C33H32ClN7O5. The molecule has 0 radical (unpaired) electrons. The molecule has 0 aliphatic carbocycles. The van der Waals surface area contributed by atoms with E-state index in [-0.39, 0.29) is 17.9 Å². The van der Waals surface area contributed by atoms with E-state index in [1.54, 1.807) is 90.2 Å². The van der Waals surface area contributed by atoms with Crippen molar-refractivity contribution < 1.29 is 24.3 Å². The number of amides is 4. The van der Waals surface area contributed by atoms with Gasteiger partial charge in [0.1, 0.15) is 0 Å². The van der Waals surface area contributed by atoms with Crippen molar-refractivity contribution in [3.8, 4) is 0 Å². The number of carboxylic acid groups (broad SMARTS) is 1. The summed E-state index contributed by atoms with van der Waals surface area (Å²) >= 11 is 5.98. The summed E-state index contributed by atoms with van der Waals surface area (Å²) in [4.78, 5) is 63.2. The summed E-state index contributed by atoms with van der Waals surface area (Å²) in [7, 11) is 0. The topological polar surface area (TPSA) is 157 Å². The SMILES string of the molecule is O=C(O)CC(NC(=O)c1ccc(N2CCCN(C(=O)c3cccnc3)CC2)c(NC(=O)Nc2ccc(Cl)cc2)c1)c1cccnc1. The summed E-state index contributed by atoms with van der Waals surface area (Å²) in [6, 6.07) is 17.0. The van der Waals surface area contributed by atoms with Crippen LogP contribution in [0.4, 0.5) is 21.9 Å². The lowest BCUT2D eigenvalue weighted by molar-refractivity contribution is -0.137. The highest BCUT2D eigenvalue weighted by Gasteiger charge is 2.24. The Labute approximate surface area is 270 Å². The number of rotatable bonds is 9. The number of aromatic nitrogens is 2. The number of pyridine rings is 2. The minimum Gasteiger partial charge on any atom is -0.481 e. The summed E-state index contributed by atoms with van der Waals surface area (Å²) in [6.07, 6.45) is 6.57. The first-order valence-electron chi connectivity index (χ1n) is 14.6. The molecule has 4 N–H and O–H groups in total. The monoisotopic (exact) mass is 641 g/mol. The Balaban J connectivity index is 1.39. The lowest BCUT2D eigenvalue weighted by Crippen LogP contribution is -2.35. The first-order valence-corrected chi connectivity index (χ1v) is 15.0. The third kappa shape index (κ3) is 8.36. The normalized spacial score (nSPS) is 13.7. The van der Waals surface area contributed by atoms with Crippen molar-refractivity contribution in [1.82, 2.24) is 20.2 Å². The molecule has 2 aromatic carbocycles. The molecule has 1 unspecified atom stereocenters. The number of anilines is 3. The number of halogens is 1. The van der Waals surface area contributed by atoms with Gasteiger partial charge in [-0.05, 0) is 72.6 Å². The number of nitrogens with one attached hydrogen (secondary N) is 3. The first-order chi connectivity index (χ1) is 22.3. The molecule has 5 rings (SSSR count). The average molecular weight is 642 g/mol. The zero-order valence-corrected chi connectivity index (χ0v) is 25.5. The van der Waals surface area contributed by atoms with Gasteiger partial charge in [-0.15, -0.1) is 0 Å². The Kier molecular flexibility index (Phi) is 10.4. The van der Waals surface area contributed by atoms with Gasteiger partial charge in [-0.3, -0.25) is 24.4 Å². The minimum atomic E-state index is -1.08. The van der Waals surface area contributed by atoms with Crippen molar-refractivity contribution >= 4 is 52.5 Å². The molecule has 13 heteroatoms. The van der Waals surface area contributed by atoms with Crippen LogP contribution in [-0.2, 0) is 4.79 Å². The highest BCUT2D eigenvalue weighted by atomic mass is 35.5. The van der Waals surface area contributed by atoms with Gasteiger partial charge < -0.3 is 30.9 Å². The van der Waals surface area contributed by atoms with Crippen molar-refractivity contribution in [3.63, 3.8) is 0 Å². The van der Waals surface area contributed by atoms with Crippen LogP contribution in [0.1, 0.15) is 45.2 Å². The third-order valence-corrected chi connectivity index (χ3v) is 7.66. The minimum absolute atomic E-state index is 0.104. The fraction of sp³-hybridized carbons (Fsp3) is 0.212.